The number of nitrogens with zero attached hydrogens (tertiary/aromatic N) is 2. The fourth-order valence-electron chi connectivity index (χ4n) is 1.47. The molecule has 0 atom stereocenters. The molecule has 0 amide bonds. The highest BCUT2D eigenvalue weighted by Gasteiger charge is 2.16. The van der Waals surface area contributed by atoms with E-state index in [4.69, 9.17) is 0 Å². The van der Waals surface area contributed by atoms with Crippen LogP contribution in [0.25, 0.3) is 0 Å². The number of Topliss-reactive ketones (excluding diaryl/α,β-unsaturated/α-hetero) is 1. The van der Waals surface area contributed by atoms with E-state index in [0.29, 0.717) is 5.56 Å². The first-order valence-electron chi connectivity index (χ1n) is 5.49. The number of carbonyl (C=O) groups is 1. The number of carbonyl (C=O) groups excluding carboxylic acids is 1. The Morgan fingerprint density at radius 1 is 1.21 bits per heavy atom. The Bertz CT molecular complexity index is 602. The third-order valence-corrected chi connectivity index (χ3v) is 3.38. The van der Waals surface area contributed by atoms with Gasteiger partial charge in [-0.15, -0.1) is 0 Å². The zero-order valence-electron chi connectivity index (χ0n) is 9.85. The molecule has 0 fully saturated rings. The van der Waals surface area contributed by atoms with E-state index in [9.17, 15) is 14.9 Å². The van der Waals surface area contributed by atoms with Gasteiger partial charge in [0.2, 0.25) is 0 Å². The maximum atomic E-state index is 11.9. The summed E-state index contributed by atoms with van der Waals surface area (Å²) in [6.07, 6.45) is 1.47. The second kappa shape index (κ2) is 6.10. The van der Waals surface area contributed by atoms with Gasteiger partial charge in [0, 0.05) is 17.8 Å². The number of hydrogen-bond donors (Lipinski definition) is 0. The van der Waals surface area contributed by atoms with Crippen molar-refractivity contribution in [2.75, 3.05) is 5.75 Å². The van der Waals surface area contributed by atoms with Gasteiger partial charge in [-0.25, -0.2) is 4.98 Å². The van der Waals surface area contributed by atoms with Crippen molar-refractivity contribution in [1.29, 1.82) is 0 Å². The Hall–Kier alpha value is -2.21. The van der Waals surface area contributed by atoms with Crippen LogP contribution in [-0.2, 0) is 0 Å². The summed E-state index contributed by atoms with van der Waals surface area (Å²) in [4.78, 5) is 26.1. The standard InChI is InChI=1S/C13H10N2O3S/c16-12(10-5-2-1-3-6-10)9-19-13-11(15(17)18)7-4-8-14-13/h1-8H,9H2. The summed E-state index contributed by atoms with van der Waals surface area (Å²) in [7, 11) is 0. The first-order valence-corrected chi connectivity index (χ1v) is 6.47. The van der Waals surface area contributed by atoms with Gasteiger partial charge in [0.15, 0.2) is 10.8 Å². The first-order chi connectivity index (χ1) is 9.18. The smallest absolute Gasteiger partial charge is 0.293 e. The van der Waals surface area contributed by atoms with Crippen LogP contribution in [0.15, 0.2) is 53.7 Å². The lowest BCUT2D eigenvalue weighted by Gasteiger charge is -2.01. The van der Waals surface area contributed by atoms with Crippen LogP contribution in [0.3, 0.4) is 0 Å². The van der Waals surface area contributed by atoms with Crippen molar-refractivity contribution in [3.05, 3.63) is 64.3 Å². The summed E-state index contributed by atoms with van der Waals surface area (Å²) in [5.74, 6) is 0.0487. The number of hydrogen-bond acceptors (Lipinski definition) is 5. The van der Waals surface area contributed by atoms with Gasteiger partial charge < -0.3 is 0 Å². The third-order valence-electron chi connectivity index (χ3n) is 2.38. The highest BCUT2D eigenvalue weighted by molar-refractivity contribution is 8.00. The monoisotopic (exact) mass is 274 g/mol. The molecule has 0 saturated carbocycles. The molecule has 96 valence electrons. The van der Waals surface area contributed by atoms with E-state index in [1.54, 1.807) is 24.3 Å². The van der Waals surface area contributed by atoms with Gasteiger partial charge in [0.1, 0.15) is 0 Å². The number of benzene rings is 1. The van der Waals surface area contributed by atoms with Crippen LogP contribution in [0, 0.1) is 10.1 Å². The number of ketones is 1. The molecule has 2 rings (SSSR count). The molecule has 0 radical (unpaired) electrons. The SMILES string of the molecule is O=C(CSc1ncccc1[N+](=O)[O-])c1ccccc1. The summed E-state index contributed by atoms with van der Waals surface area (Å²) in [6, 6.07) is 11.7. The van der Waals surface area contributed by atoms with Crippen LogP contribution >= 0.6 is 11.8 Å². The fourth-order valence-corrected chi connectivity index (χ4v) is 2.33. The Kier molecular flexibility index (Phi) is 4.25. The number of rotatable bonds is 5. The molecule has 1 aromatic carbocycles. The van der Waals surface area contributed by atoms with Gasteiger partial charge in [0.05, 0.1) is 10.7 Å². The minimum atomic E-state index is -0.498. The van der Waals surface area contributed by atoms with E-state index < -0.39 is 4.92 Å². The van der Waals surface area contributed by atoms with Crippen LogP contribution in [-0.4, -0.2) is 21.4 Å². The van der Waals surface area contributed by atoms with Crippen LogP contribution < -0.4 is 0 Å². The van der Waals surface area contributed by atoms with Gasteiger partial charge >= 0.3 is 5.69 Å². The van der Waals surface area contributed by atoms with Crippen molar-refractivity contribution < 1.29 is 9.72 Å². The van der Waals surface area contributed by atoms with E-state index in [1.807, 2.05) is 6.07 Å². The summed E-state index contributed by atoms with van der Waals surface area (Å²) < 4.78 is 0. The molecule has 2 aromatic rings. The Labute approximate surface area is 113 Å². The van der Waals surface area contributed by atoms with Gasteiger partial charge in [-0.2, -0.15) is 0 Å². The third kappa shape index (κ3) is 3.38. The van der Waals surface area contributed by atoms with Crippen LogP contribution in [0.5, 0.6) is 0 Å². The predicted molar refractivity (Wildman–Crippen MR) is 72.4 cm³/mol. The molecule has 5 nitrogen and oxygen atoms in total. The Balaban J connectivity index is 2.07. The largest absolute Gasteiger partial charge is 0.301 e. The summed E-state index contributed by atoms with van der Waals surface area (Å²) in [6.45, 7) is 0. The molecular formula is C13H10N2O3S. The van der Waals surface area contributed by atoms with Crippen molar-refractivity contribution in [3.63, 3.8) is 0 Å². The molecule has 0 bridgehead atoms. The van der Waals surface area contributed by atoms with Crippen molar-refractivity contribution in [3.8, 4) is 0 Å². The minimum absolute atomic E-state index is 0.0756. The summed E-state index contributed by atoms with van der Waals surface area (Å²) in [5, 5.41) is 11.1. The summed E-state index contributed by atoms with van der Waals surface area (Å²) >= 11 is 1.08. The molecule has 0 spiro atoms. The highest BCUT2D eigenvalue weighted by Crippen LogP contribution is 2.26. The molecular weight excluding hydrogens is 264 g/mol. The lowest BCUT2D eigenvalue weighted by Crippen LogP contribution is -2.03. The highest BCUT2D eigenvalue weighted by atomic mass is 32.2. The second-order valence-electron chi connectivity index (χ2n) is 3.66. The molecule has 0 saturated heterocycles. The molecule has 0 N–H and O–H groups in total. The van der Waals surface area contributed by atoms with Crippen LogP contribution in [0.2, 0.25) is 0 Å². The zero-order valence-corrected chi connectivity index (χ0v) is 10.7. The maximum absolute atomic E-state index is 11.9. The number of aromatic nitrogens is 1. The van der Waals surface area contributed by atoms with Gasteiger partial charge in [-0.1, -0.05) is 42.1 Å². The molecule has 0 aliphatic carbocycles. The molecule has 0 aliphatic heterocycles. The van der Waals surface area contributed by atoms with E-state index in [-0.39, 0.29) is 22.2 Å². The van der Waals surface area contributed by atoms with Gasteiger partial charge in [-0.3, -0.25) is 14.9 Å². The molecule has 1 aromatic heterocycles. The molecule has 0 unspecified atom stereocenters. The number of nitro groups is 1. The fraction of sp³-hybridized carbons (Fsp3) is 0.0769. The summed E-state index contributed by atoms with van der Waals surface area (Å²) in [5.41, 5.74) is 0.516. The maximum Gasteiger partial charge on any atom is 0.301 e. The minimum Gasteiger partial charge on any atom is -0.293 e. The van der Waals surface area contributed by atoms with Crippen LogP contribution in [0.1, 0.15) is 10.4 Å². The van der Waals surface area contributed by atoms with Crippen molar-refractivity contribution >= 4 is 23.2 Å². The van der Waals surface area contributed by atoms with E-state index in [2.05, 4.69) is 4.98 Å². The van der Waals surface area contributed by atoms with E-state index in [0.717, 1.165) is 11.8 Å². The molecule has 0 aliphatic rings. The topological polar surface area (TPSA) is 73.1 Å². The lowest BCUT2D eigenvalue weighted by atomic mass is 10.2. The zero-order chi connectivity index (χ0) is 13.7. The van der Waals surface area contributed by atoms with Crippen molar-refractivity contribution in [2.45, 2.75) is 5.03 Å². The quantitative estimate of drug-likeness (QED) is 0.363. The Morgan fingerprint density at radius 3 is 2.63 bits per heavy atom. The van der Waals surface area contributed by atoms with Gasteiger partial charge in [0.25, 0.3) is 0 Å². The van der Waals surface area contributed by atoms with E-state index >= 15 is 0 Å². The van der Waals surface area contributed by atoms with Gasteiger partial charge in [-0.05, 0) is 6.07 Å². The molecule has 19 heavy (non-hydrogen) atoms. The van der Waals surface area contributed by atoms with Crippen molar-refractivity contribution in [2.24, 2.45) is 0 Å². The van der Waals surface area contributed by atoms with Crippen LogP contribution in [0.4, 0.5) is 5.69 Å². The van der Waals surface area contributed by atoms with E-state index in [1.165, 1.54) is 18.3 Å². The average molecular weight is 274 g/mol. The molecule has 1 heterocycles. The lowest BCUT2D eigenvalue weighted by molar-refractivity contribution is -0.388. The average Bonchev–Trinajstić information content (AvgIpc) is 2.46. The normalized spacial score (nSPS) is 10.1. The number of pyridine rings is 1. The number of thioether (sulfide) groups is 1. The molecule has 6 heteroatoms. The predicted octanol–water partition coefficient (Wildman–Crippen LogP) is 2.96. The second-order valence-corrected chi connectivity index (χ2v) is 4.63. The first kappa shape index (κ1) is 13.2. The van der Waals surface area contributed by atoms with Crippen molar-refractivity contribution in [1.82, 2.24) is 4.98 Å². The Morgan fingerprint density at radius 2 is 1.95 bits per heavy atom.